The first-order valence-electron chi connectivity index (χ1n) is 15.1. The average Bonchev–Trinajstić information content (AvgIpc) is 3.25. The zero-order valence-electron chi connectivity index (χ0n) is 24.3. The van der Waals surface area contributed by atoms with E-state index in [9.17, 15) is 19.2 Å². The first-order chi connectivity index (χ1) is 20.4. The van der Waals surface area contributed by atoms with Gasteiger partial charge in [-0.1, -0.05) is 86.0 Å². The van der Waals surface area contributed by atoms with E-state index in [1.807, 2.05) is 61.5 Å². The predicted molar refractivity (Wildman–Crippen MR) is 162 cm³/mol. The summed E-state index contributed by atoms with van der Waals surface area (Å²) in [4.78, 5) is 56.5. The minimum atomic E-state index is -0.694. The molecule has 0 saturated heterocycles. The first-order valence-corrected chi connectivity index (χ1v) is 15.1. The Labute approximate surface area is 247 Å². The van der Waals surface area contributed by atoms with Crippen molar-refractivity contribution in [2.45, 2.75) is 76.9 Å². The molecule has 0 spiro atoms. The molecular formula is C35H39N3O4. The summed E-state index contributed by atoms with van der Waals surface area (Å²) in [5, 5.41) is 3.27. The molecule has 218 valence electrons. The third-order valence-electron chi connectivity index (χ3n) is 8.48. The first kappa shape index (κ1) is 29.2. The van der Waals surface area contributed by atoms with Gasteiger partial charge < -0.3 is 10.2 Å². The zero-order chi connectivity index (χ0) is 29.5. The Morgan fingerprint density at radius 1 is 0.857 bits per heavy atom. The number of hydrogen-bond acceptors (Lipinski definition) is 4. The molecule has 1 aliphatic heterocycles. The molecule has 3 aromatic carbocycles. The second kappa shape index (κ2) is 13.6. The molecule has 0 radical (unpaired) electrons. The molecule has 0 aromatic heterocycles. The van der Waals surface area contributed by atoms with E-state index < -0.39 is 6.04 Å². The average molecular weight is 566 g/mol. The number of nitrogens with one attached hydrogen (secondary N) is 1. The standard InChI is InChI=1S/C35H39N3O4/c1-25-13-8-9-16-27(25)24-38(32(39)21-12-22-37-34(41)29-19-10-11-20-30(29)35(37)42)31(23-26-14-4-2-5-15-26)33(40)36-28-17-6-3-7-18-28/h2,4-5,8-11,13-16,19-20,28,31H,3,6-7,12,17-18,21-24H2,1H3,(H,36,40)/t31-/m0/s1. The van der Waals surface area contributed by atoms with Gasteiger partial charge in [0.15, 0.2) is 0 Å². The van der Waals surface area contributed by atoms with Crippen LogP contribution < -0.4 is 5.32 Å². The third kappa shape index (κ3) is 6.78. The molecule has 42 heavy (non-hydrogen) atoms. The van der Waals surface area contributed by atoms with E-state index in [-0.39, 0.29) is 42.6 Å². The molecule has 7 heteroatoms. The highest BCUT2D eigenvalue weighted by Crippen LogP contribution is 2.24. The Bertz CT molecular complexity index is 1400. The van der Waals surface area contributed by atoms with E-state index in [1.54, 1.807) is 29.2 Å². The molecule has 1 heterocycles. The van der Waals surface area contributed by atoms with Gasteiger partial charge in [0.25, 0.3) is 11.8 Å². The summed E-state index contributed by atoms with van der Waals surface area (Å²) in [6, 6.07) is 23.9. The van der Waals surface area contributed by atoms with Gasteiger partial charge in [-0.15, -0.1) is 0 Å². The molecule has 4 amide bonds. The van der Waals surface area contributed by atoms with Crippen LogP contribution in [0.3, 0.4) is 0 Å². The third-order valence-corrected chi connectivity index (χ3v) is 8.48. The van der Waals surface area contributed by atoms with Crippen molar-refractivity contribution in [2.24, 2.45) is 0 Å². The number of carbonyl (C=O) groups excluding carboxylic acids is 4. The number of imide groups is 1. The fourth-order valence-electron chi connectivity index (χ4n) is 6.04. The molecule has 2 aliphatic rings. The molecule has 1 saturated carbocycles. The summed E-state index contributed by atoms with van der Waals surface area (Å²) >= 11 is 0. The van der Waals surface area contributed by atoms with Crippen LogP contribution in [0.4, 0.5) is 0 Å². The van der Waals surface area contributed by atoms with Crippen molar-refractivity contribution in [3.63, 3.8) is 0 Å². The number of nitrogens with zero attached hydrogens (tertiary/aromatic N) is 2. The maximum atomic E-state index is 14.0. The van der Waals surface area contributed by atoms with Crippen molar-refractivity contribution in [1.82, 2.24) is 15.1 Å². The van der Waals surface area contributed by atoms with Crippen LogP contribution in [0.1, 0.15) is 82.4 Å². The van der Waals surface area contributed by atoms with Gasteiger partial charge in [-0.3, -0.25) is 24.1 Å². The van der Waals surface area contributed by atoms with Gasteiger partial charge in [0.1, 0.15) is 6.04 Å². The quantitative estimate of drug-likeness (QED) is 0.313. The van der Waals surface area contributed by atoms with Crippen molar-refractivity contribution in [1.29, 1.82) is 0 Å². The lowest BCUT2D eigenvalue weighted by atomic mass is 9.94. The molecule has 3 aromatic rings. The summed E-state index contributed by atoms with van der Waals surface area (Å²) in [5.74, 6) is -0.954. The highest BCUT2D eigenvalue weighted by atomic mass is 16.2. The summed E-state index contributed by atoms with van der Waals surface area (Å²) in [6.07, 6.45) is 6.11. The Kier molecular flexibility index (Phi) is 9.47. The smallest absolute Gasteiger partial charge is 0.261 e. The van der Waals surface area contributed by atoms with Crippen LogP contribution in [0.2, 0.25) is 0 Å². The lowest BCUT2D eigenvalue weighted by Crippen LogP contribution is -2.53. The number of benzene rings is 3. The SMILES string of the molecule is Cc1ccccc1CN(C(=O)CCCN1C(=O)c2ccccc2C1=O)[C@@H](Cc1ccccc1)C(=O)NC1CCCCC1. The lowest BCUT2D eigenvalue weighted by molar-refractivity contribution is -0.141. The van der Waals surface area contributed by atoms with Crippen molar-refractivity contribution >= 4 is 23.6 Å². The summed E-state index contributed by atoms with van der Waals surface area (Å²) < 4.78 is 0. The van der Waals surface area contributed by atoms with Gasteiger partial charge in [-0.25, -0.2) is 0 Å². The largest absolute Gasteiger partial charge is 0.352 e. The van der Waals surface area contributed by atoms with Crippen LogP contribution in [0, 0.1) is 6.92 Å². The second-order valence-corrected chi connectivity index (χ2v) is 11.4. The summed E-state index contributed by atoms with van der Waals surface area (Å²) in [7, 11) is 0. The van der Waals surface area contributed by atoms with Crippen molar-refractivity contribution in [3.05, 3.63) is 107 Å². The molecule has 0 unspecified atom stereocenters. The molecule has 5 rings (SSSR count). The number of amides is 4. The Hall–Kier alpha value is -4.26. The Balaban J connectivity index is 1.36. The number of aryl methyl sites for hydroxylation is 1. The van der Waals surface area contributed by atoms with Gasteiger partial charge in [0.2, 0.25) is 11.8 Å². The maximum absolute atomic E-state index is 14.0. The monoisotopic (exact) mass is 565 g/mol. The fourth-order valence-corrected chi connectivity index (χ4v) is 6.04. The van der Waals surface area contributed by atoms with Gasteiger partial charge in [-0.2, -0.15) is 0 Å². The van der Waals surface area contributed by atoms with Gasteiger partial charge in [-0.05, 0) is 55.0 Å². The van der Waals surface area contributed by atoms with Crippen molar-refractivity contribution < 1.29 is 19.2 Å². The minimum absolute atomic E-state index is 0.112. The molecule has 7 nitrogen and oxygen atoms in total. The van der Waals surface area contributed by atoms with Crippen LogP contribution >= 0.6 is 0 Å². The minimum Gasteiger partial charge on any atom is -0.352 e. The van der Waals surface area contributed by atoms with Gasteiger partial charge in [0.05, 0.1) is 11.1 Å². The fraction of sp³-hybridized carbons (Fsp3) is 0.371. The van der Waals surface area contributed by atoms with Crippen LogP contribution in [0.5, 0.6) is 0 Å². The summed E-state index contributed by atoms with van der Waals surface area (Å²) in [5.41, 5.74) is 3.81. The van der Waals surface area contributed by atoms with E-state index in [4.69, 9.17) is 0 Å². The molecule has 0 bridgehead atoms. The second-order valence-electron chi connectivity index (χ2n) is 11.4. The predicted octanol–water partition coefficient (Wildman–Crippen LogP) is 5.46. The summed E-state index contributed by atoms with van der Waals surface area (Å²) in [6.45, 7) is 2.45. The number of rotatable bonds is 11. The molecule has 1 N–H and O–H groups in total. The van der Waals surface area contributed by atoms with E-state index in [0.29, 0.717) is 30.5 Å². The van der Waals surface area contributed by atoms with Crippen molar-refractivity contribution in [3.8, 4) is 0 Å². The maximum Gasteiger partial charge on any atom is 0.261 e. The molecule has 1 aliphatic carbocycles. The Morgan fingerprint density at radius 2 is 1.48 bits per heavy atom. The lowest BCUT2D eigenvalue weighted by Gasteiger charge is -2.34. The number of fused-ring (bicyclic) bond motifs is 1. The van der Waals surface area contributed by atoms with Crippen LogP contribution in [-0.4, -0.2) is 52.1 Å². The van der Waals surface area contributed by atoms with Crippen LogP contribution in [0.15, 0.2) is 78.9 Å². The highest BCUT2D eigenvalue weighted by molar-refractivity contribution is 6.21. The van der Waals surface area contributed by atoms with E-state index in [0.717, 1.165) is 42.4 Å². The topological polar surface area (TPSA) is 86.8 Å². The van der Waals surface area contributed by atoms with Crippen molar-refractivity contribution in [2.75, 3.05) is 6.54 Å². The van der Waals surface area contributed by atoms with Gasteiger partial charge in [0, 0.05) is 32.0 Å². The molecule has 1 fully saturated rings. The van der Waals surface area contributed by atoms with Gasteiger partial charge >= 0.3 is 0 Å². The van der Waals surface area contributed by atoms with E-state index >= 15 is 0 Å². The highest BCUT2D eigenvalue weighted by Gasteiger charge is 2.36. The van der Waals surface area contributed by atoms with Crippen LogP contribution in [0.25, 0.3) is 0 Å². The zero-order valence-corrected chi connectivity index (χ0v) is 24.3. The van der Waals surface area contributed by atoms with Crippen LogP contribution in [-0.2, 0) is 22.6 Å². The Morgan fingerprint density at radius 3 is 2.14 bits per heavy atom. The normalized spacial score (nSPS) is 15.8. The number of carbonyl (C=O) groups is 4. The molecular weight excluding hydrogens is 526 g/mol. The van der Waals surface area contributed by atoms with E-state index in [1.165, 1.54) is 11.3 Å². The number of hydrogen-bond donors (Lipinski definition) is 1. The molecule has 1 atom stereocenters. The van der Waals surface area contributed by atoms with E-state index in [2.05, 4.69) is 5.32 Å².